The summed E-state index contributed by atoms with van der Waals surface area (Å²) in [5, 5.41) is 50.3. The van der Waals surface area contributed by atoms with Crippen LogP contribution in [-0.4, -0.2) is 45.4 Å². The molecule has 3 rings (SSSR count). The van der Waals surface area contributed by atoms with Gasteiger partial charge in [-0.15, -0.1) is 20.4 Å². The third kappa shape index (κ3) is 2.28. The first-order valence-corrected chi connectivity index (χ1v) is 5.79. The van der Waals surface area contributed by atoms with Crippen molar-refractivity contribution in [2.75, 3.05) is 0 Å². The Morgan fingerprint density at radius 3 is 2.21 bits per heavy atom. The Bertz CT molecular complexity index is 968. The van der Waals surface area contributed by atoms with Crippen molar-refractivity contribution in [3.63, 3.8) is 0 Å². The monoisotopic (exact) mass is 337 g/mol. The molecule has 0 amide bonds. The van der Waals surface area contributed by atoms with E-state index in [1.54, 1.807) is 0 Å². The second-order valence-electron chi connectivity index (χ2n) is 4.09. The fourth-order valence-corrected chi connectivity index (χ4v) is 1.71. The van der Waals surface area contributed by atoms with Gasteiger partial charge >= 0.3 is 17.3 Å². The lowest BCUT2D eigenvalue weighted by atomic mass is 10.3. The summed E-state index contributed by atoms with van der Waals surface area (Å²) in [5.41, 5.74) is -1.59. The normalized spacial score (nSPS) is 10.7. The van der Waals surface area contributed by atoms with E-state index in [0.717, 1.165) is 6.07 Å². The molecule has 0 aliphatic heterocycles. The van der Waals surface area contributed by atoms with E-state index in [4.69, 9.17) is 4.42 Å². The highest BCUT2D eigenvalue weighted by Crippen LogP contribution is 2.35. The molecule has 16 heteroatoms. The van der Waals surface area contributed by atoms with Crippen LogP contribution in [0.5, 0.6) is 0 Å². The number of nitrogens with one attached hydrogen (secondary N) is 2. The van der Waals surface area contributed by atoms with Crippen molar-refractivity contribution in [3.05, 3.63) is 36.4 Å². The zero-order valence-corrected chi connectivity index (χ0v) is 11.1. The molecule has 122 valence electrons. The minimum absolute atomic E-state index is 0.0897. The van der Waals surface area contributed by atoms with Crippen LogP contribution in [0.3, 0.4) is 0 Å². The first-order chi connectivity index (χ1) is 11.4. The second kappa shape index (κ2) is 5.19. The maximum atomic E-state index is 11.0. The summed E-state index contributed by atoms with van der Waals surface area (Å²) in [4.78, 5) is 29.5. The van der Waals surface area contributed by atoms with Crippen LogP contribution >= 0.6 is 0 Å². The molecule has 0 bridgehead atoms. The van der Waals surface area contributed by atoms with E-state index in [2.05, 4.69) is 25.5 Å². The Morgan fingerprint density at radius 2 is 1.62 bits per heavy atom. The van der Waals surface area contributed by atoms with Gasteiger partial charge in [0.05, 0.1) is 11.0 Å². The van der Waals surface area contributed by atoms with Crippen LogP contribution in [0.15, 0.2) is 10.5 Å². The number of nitro groups is 3. The van der Waals surface area contributed by atoms with Gasteiger partial charge < -0.3 is 24.6 Å². The first-order valence-electron chi connectivity index (χ1n) is 5.79. The van der Waals surface area contributed by atoms with E-state index < -0.39 is 43.7 Å². The highest BCUT2D eigenvalue weighted by molar-refractivity contribution is 5.69. The molecular formula is C8H3N9O7. The van der Waals surface area contributed by atoms with Gasteiger partial charge in [-0.2, -0.15) is 0 Å². The molecule has 0 saturated heterocycles. The number of aromatic nitrogens is 6. The van der Waals surface area contributed by atoms with Crippen LogP contribution < -0.4 is 0 Å². The van der Waals surface area contributed by atoms with Gasteiger partial charge in [-0.25, -0.2) is 0 Å². The molecule has 3 heterocycles. The molecule has 0 unspecified atom stereocenters. The fourth-order valence-electron chi connectivity index (χ4n) is 1.71. The standard InChI is InChI=1S/C8H3N9O7/c18-15(19)3-1-2(9-10-3)7-13-14-8(24-7)4-5(16(20)21)6(12-11-4)17(22)23/h1H,(H,9,10)(H,11,12). The summed E-state index contributed by atoms with van der Waals surface area (Å²) in [6, 6.07) is 0.999. The number of H-pyrrole nitrogens is 2. The summed E-state index contributed by atoms with van der Waals surface area (Å²) in [5.74, 6) is -2.18. The molecule has 0 aromatic carbocycles. The van der Waals surface area contributed by atoms with Crippen LogP contribution in [0, 0.1) is 30.3 Å². The molecule has 24 heavy (non-hydrogen) atoms. The molecule has 2 N–H and O–H groups in total. The molecule has 3 aromatic heterocycles. The third-order valence-electron chi connectivity index (χ3n) is 2.70. The van der Waals surface area contributed by atoms with Crippen molar-refractivity contribution in [3.8, 4) is 23.2 Å². The molecule has 0 saturated carbocycles. The van der Waals surface area contributed by atoms with Crippen LogP contribution in [0.4, 0.5) is 17.3 Å². The molecule has 3 aromatic rings. The molecule has 0 aliphatic rings. The van der Waals surface area contributed by atoms with Gasteiger partial charge in [0.15, 0.2) is 5.69 Å². The highest BCUT2D eigenvalue weighted by atomic mass is 16.6. The first kappa shape index (κ1) is 14.7. The van der Waals surface area contributed by atoms with E-state index >= 15 is 0 Å². The quantitative estimate of drug-likeness (QED) is 0.483. The largest absolute Gasteiger partial charge is 0.422 e. The fraction of sp³-hybridized carbons (Fsp3) is 0. The Hall–Kier alpha value is -4.24. The number of rotatable bonds is 5. The van der Waals surface area contributed by atoms with E-state index in [1.165, 1.54) is 0 Å². The minimum Gasteiger partial charge on any atom is -0.413 e. The van der Waals surface area contributed by atoms with Crippen LogP contribution in [-0.2, 0) is 0 Å². The van der Waals surface area contributed by atoms with Crippen molar-refractivity contribution < 1.29 is 19.2 Å². The molecule has 0 atom stereocenters. The van der Waals surface area contributed by atoms with Crippen LogP contribution in [0.2, 0.25) is 0 Å². The number of aromatic amines is 2. The lowest BCUT2D eigenvalue weighted by Crippen LogP contribution is -1.95. The van der Waals surface area contributed by atoms with E-state index in [1.807, 2.05) is 5.10 Å². The van der Waals surface area contributed by atoms with Crippen LogP contribution in [0.25, 0.3) is 23.2 Å². The van der Waals surface area contributed by atoms with Gasteiger partial charge in [0, 0.05) is 0 Å². The Balaban J connectivity index is 2.03. The predicted molar refractivity (Wildman–Crippen MR) is 69.4 cm³/mol. The zero-order chi connectivity index (χ0) is 17.4. The van der Waals surface area contributed by atoms with Crippen molar-refractivity contribution in [1.82, 2.24) is 30.6 Å². The molecule has 0 radical (unpaired) electrons. The summed E-state index contributed by atoms with van der Waals surface area (Å²) in [7, 11) is 0. The number of nitrogens with zero attached hydrogens (tertiary/aromatic N) is 7. The predicted octanol–water partition coefficient (Wildman–Crippen LogP) is 0.574. The minimum atomic E-state index is -1.03. The summed E-state index contributed by atoms with van der Waals surface area (Å²) >= 11 is 0. The zero-order valence-electron chi connectivity index (χ0n) is 11.1. The maximum Gasteiger partial charge on any atom is 0.422 e. The molecule has 0 spiro atoms. The Morgan fingerprint density at radius 1 is 0.917 bits per heavy atom. The van der Waals surface area contributed by atoms with Crippen molar-refractivity contribution in [1.29, 1.82) is 0 Å². The molecule has 0 aliphatic carbocycles. The molecule has 0 fully saturated rings. The van der Waals surface area contributed by atoms with Gasteiger partial charge in [-0.1, -0.05) is 10.2 Å². The lowest BCUT2D eigenvalue weighted by Gasteiger charge is -1.90. The summed E-state index contributed by atoms with van der Waals surface area (Å²) in [6.07, 6.45) is 0. The highest BCUT2D eigenvalue weighted by Gasteiger charge is 2.36. The van der Waals surface area contributed by atoms with Gasteiger partial charge in [0.1, 0.15) is 0 Å². The van der Waals surface area contributed by atoms with E-state index in [9.17, 15) is 30.3 Å². The average Bonchev–Trinajstić information content (AvgIpc) is 3.24. The SMILES string of the molecule is O=[N+]([O-])c1cc(-c2nnc(-c3n[nH]c([N+](=O)[O-])c3[N+](=O)[O-])o2)n[nH]1. The Labute approximate surface area is 128 Å². The lowest BCUT2D eigenvalue weighted by molar-refractivity contribution is -0.424. The van der Waals surface area contributed by atoms with E-state index in [0.29, 0.717) is 0 Å². The topological polar surface area (TPSA) is 226 Å². The second-order valence-corrected chi connectivity index (χ2v) is 4.09. The van der Waals surface area contributed by atoms with Gasteiger partial charge in [-0.3, -0.25) is 10.1 Å². The summed E-state index contributed by atoms with van der Waals surface area (Å²) < 4.78 is 5.10. The van der Waals surface area contributed by atoms with E-state index in [-0.39, 0.29) is 11.6 Å². The smallest absolute Gasteiger partial charge is 0.413 e. The van der Waals surface area contributed by atoms with Gasteiger partial charge in [-0.05, 0) is 9.85 Å². The number of hydrogen-bond acceptors (Lipinski definition) is 11. The summed E-state index contributed by atoms with van der Waals surface area (Å²) in [6.45, 7) is 0. The van der Waals surface area contributed by atoms with Gasteiger partial charge in [0.25, 0.3) is 17.5 Å². The van der Waals surface area contributed by atoms with Gasteiger partial charge in [0.2, 0.25) is 0 Å². The Kier molecular flexibility index (Phi) is 3.18. The average molecular weight is 337 g/mol. The molecule has 16 nitrogen and oxygen atoms in total. The van der Waals surface area contributed by atoms with Crippen LogP contribution in [0.1, 0.15) is 0 Å². The van der Waals surface area contributed by atoms with Crippen molar-refractivity contribution in [2.24, 2.45) is 0 Å². The maximum absolute atomic E-state index is 11.0. The van der Waals surface area contributed by atoms with Crippen molar-refractivity contribution in [2.45, 2.75) is 0 Å². The molecular weight excluding hydrogens is 334 g/mol. The van der Waals surface area contributed by atoms with Crippen molar-refractivity contribution >= 4 is 17.3 Å². The third-order valence-corrected chi connectivity index (χ3v) is 2.70. The number of hydrogen-bond donors (Lipinski definition) is 2.